The van der Waals surface area contributed by atoms with Crippen LogP contribution in [0, 0.1) is 0 Å². The Morgan fingerprint density at radius 3 is 1.30 bits per heavy atom. The van der Waals surface area contributed by atoms with Gasteiger partial charge in [-0.05, 0) is 72.4 Å². The number of benzene rings is 2. The number of hydrogen-bond acceptors (Lipinski definition) is 1. The molecule has 0 amide bonds. The minimum atomic E-state index is -1.88. The molecule has 1 saturated carbocycles. The smallest absolute Gasteiger partial charge is 0.206 e. The van der Waals surface area contributed by atoms with Crippen LogP contribution in [0.1, 0.15) is 35.8 Å². The van der Waals surface area contributed by atoms with Gasteiger partial charge >= 0.3 is 0 Å². The quantitative estimate of drug-likeness (QED) is 0.654. The Hall–Kier alpha value is -1.17. The van der Waals surface area contributed by atoms with Crippen molar-refractivity contribution < 1.29 is 4.12 Å². The van der Waals surface area contributed by atoms with Crippen LogP contribution in [0.3, 0.4) is 0 Å². The summed E-state index contributed by atoms with van der Waals surface area (Å²) < 4.78 is 6.84. The van der Waals surface area contributed by atoms with E-state index in [1.807, 2.05) is 0 Å². The maximum Gasteiger partial charge on any atom is 0.206 e. The topological polar surface area (TPSA) is 9.23 Å². The summed E-state index contributed by atoms with van der Waals surface area (Å²) in [5.41, 5.74) is 3.02. The maximum atomic E-state index is 6.84. The maximum absolute atomic E-state index is 6.84. The summed E-state index contributed by atoms with van der Waals surface area (Å²) in [5.74, 6) is 1.40. The van der Waals surface area contributed by atoms with Crippen LogP contribution in [-0.4, -0.2) is 16.6 Å². The summed E-state index contributed by atoms with van der Waals surface area (Å²) in [6.45, 7) is 9.38. The largest absolute Gasteiger partial charge is 0.449 e. The van der Waals surface area contributed by atoms with E-state index in [1.165, 1.54) is 34.3 Å². The third kappa shape index (κ3) is 2.55. The molecule has 7 rings (SSSR count). The molecule has 2 atom stereocenters. The minimum Gasteiger partial charge on any atom is -0.449 e. The second-order valence-corrected chi connectivity index (χ2v) is 16.2. The normalized spacial score (nSPS) is 27.3. The monoisotopic (exact) mass is 338 g/mol. The van der Waals surface area contributed by atoms with Gasteiger partial charge in [0.15, 0.2) is 0 Å². The van der Waals surface area contributed by atoms with Gasteiger partial charge < -0.3 is 4.12 Å². The Bertz CT molecular complexity index is 653. The minimum absolute atomic E-state index is 0.701. The number of hydrogen-bond donors (Lipinski definition) is 0. The first kappa shape index (κ1) is 15.4. The van der Waals surface area contributed by atoms with Crippen molar-refractivity contribution in [1.82, 2.24) is 0 Å². The van der Waals surface area contributed by atoms with Crippen LogP contribution in [-0.2, 0) is 4.12 Å². The fourth-order valence-electron chi connectivity index (χ4n) is 4.32. The summed E-state index contributed by atoms with van der Waals surface area (Å²) >= 11 is 0. The first-order valence-electron chi connectivity index (χ1n) is 8.78. The van der Waals surface area contributed by atoms with Crippen LogP contribution < -0.4 is 10.4 Å². The SMILES string of the molecule is C[Si]1(C)O[Si](C)(C)c2ccc(cc2)[C@@H]2CC[C@@H]2c2ccc1cc2. The third-order valence-corrected chi connectivity index (χ3v) is 13.4. The summed E-state index contributed by atoms with van der Waals surface area (Å²) in [6, 6.07) is 18.8. The molecule has 0 spiro atoms. The molecule has 4 bridgehead atoms. The molecule has 120 valence electrons. The van der Waals surface area contributed by atoms with Gasteiger partial charge in [-0.2, -0.15) is 0 Å². The Morgan fingerprint density at radius 2 is 1.00 bits per heavy atom. The lowest BCUT2D eigenvalue weighted by Gasteiger charge is -2.37. The molecule has 2 aromatic carbocycles. The highest BCUT2D eigenvalue weighted by Gasteiger charge is 2.38. The molecule has 1 aliphatic carbocycles. The zero-order valence-electron chi connectivity index (χ0n) is 14.6. The van der Waals surface area contributed by atoms with E-state index in [4.69, 9.17) is 4.12 Å². The molecule has 0 radical (unpaired) electrons. The molecule has 1 fully saturated rings. The average molecular weight is 339 g/mol. The molecule has 3 heteroatoms. The standard InChI is InChI=1S/C20H26OSi2/c1-22(2)17-9-5-15(6-10-17)19-13-14-20(19)16-7-11-18(12-8-16)23(3,4)21-22/h5-12,19-20H,13-14H2,1-4H3/t19-,20+. The molecule has 4 aliphatic heterocycles. The van der Waals surface area contributed by atoms with Crippen molar-refractivity contribution in [2.24, 2.45) is 0 Å². The van der Waals surface area contributed by atoms with Crippen LogP contribution in [0.5, 0.6) is 0 Å². The zero-order valence-corrected chi connectivity index (χ0v) is 16.6. The highest BCUT2D eigenvalue weighted by atomic mass is 28.4. The van der Waals surface area contributed by atoms with Crippen molar-refractivity contribution in [2.75, 3.05) is 0 Å². The molecule has 2 aromatic rings. The highest BCUT2D eigenvalue weighted by Crippen LogP contribution is 2.48. The molecule has 5 aliphatic rings. The predicted octanol–water partition coefficient (Wildman–Crippen LogP) is 4.20. The Balaban J connectivity index is 1.87. The van der Waals surface area contributed by atoms with Gasteiger partial charge in [-0.3, -0.25) is 0 Å². The van der Waals surface area contributed by atoms with Gasteiger partial charge in [-0.15, -0.1) is 0 Å². The second kappa shape index (κ2) is 5.17. The third-order valence-electron chi connectivity index (χ3n) is 5.85. The van der Waals surface area contributed by atoms with Gasteiger partial charge in [-0.1, -0.05) is 48.5 Å². The lowest BCUT2D eigenvalue weighted by molar-refractivity contribution is 0.346. The van der Waals surface area contributed by atoms with Gasteiger partial charge in [0.25, 0.3) is 0 Å². The summed E-state index contributed by atoms with van der Waals surface area (Å²) in [4.78, 5) is 0. The van der Waals surface area contributed by atoms with Crippen molar-refractivity contribution in [1.29, 1.82) is 0 Å². The second-order valence-electron chi connectivity index (χ2n) is 8.16. The Morgan fingerprint density at radius 1 is 0.652 bits per heavy atom. The predicted molar refractivity (Wildman–Crippen MR) is 103 cm³/mol. The van der Waals surface area contributed by atoms with Crippen molar-refractivity contribution in [3.8, 4) is 0 Å². The van der Waals surface area contributed by atoms with Gasteiger partial charge in [-0.25, -0.2) is 0 Å². The Kier molecular flexibility index (Phi) is 3.45. The Labute approximate surface area is 142 Å². The van der Waals surface area contributed by atoms with Crippen LogP contribution in [0.4, 0.5) is 0 Å². The molecule has 0 saturated heterocycles. The van der Waals surface area contributed by atoms with Crippen molar-refractivity contribution in [2.45, 2.75) is 50.9 Å². The lowest BCUT2D eigenvalue weighted by Crippen LogP contribution is -2.57. The van der Waals surface area contributed by atoms with Crippen LogP contribution in [0.15, 0.2) is 48.5 Å². The van der Waals surface area contributed by atoms with Gasteiger partial charge in [0, 0.05) is 0 Å². The van der Waals surface area contributed by atoms with Crippen LogP contribution in [0.2, 0.25) is 26.2 Å². The molecule has 0 unspecified atom stereocenters. The van der Waals surface area contributed by atoms with Crippen LogP contribution >= 0.6 is 0 Å². The molecular formula is C20H26OSi2. The van der Waals surface area contributed by atoms with E-state index in [2.05, 4.69) is 74.7 Å². The summed E-state index contributed by atoms with van der Waals surface area (Å²) in [7, 11) is -3.75. The summed E-state index contributed by atoms with van der Waals surface area (Å²) in [5, 5.41) is 2.85. The van der Waals surface area contributed by atoms with E-state index in [0.717, 1.165) is 0 Å². The molecule has 23 heavy (non-hydrogen) atoms. The first-order chi connectivity index (χ1) is 10.9. The lowest BCUT2D eigenvalue weighted by atomic mass is 9.67. The highest BCUT2D eigenvalue weighted by molar-refractivity contribution is 6.96. The van der Waals surface area contributed by atoms with Crippen molar-refractivity contribution in [3.05, 3.63) is 59.7 Å². The molecule has 4 heterocycles. The van der Waals surface area contributed by atoms with E-state index >= 15 is 0 Å². The molecular weight excluding hydrogens is 312 g/mol. The zero-order chi connectivity index (χ0) is 16.2. The average Bonchev–Trinajstić information content (AvgIpc) is 2.46. The van der Waals surface area contributed by atoms with Crippen molar-refractivity contribution >= 4 is 27.0 Å². The van der Waals surface area contributed by atoms with Gasteiger partial charge in [0.2, 0.25) is 16.6 Å². The summed E-state index contributed by atoms with van der Waals surface area (Å²) in [6.07, 6.45) is 2.65. The van der Waals surface area contributed by atoms with Gasteiger partial charge in [0.05, 0.1) is 0 Å². The molecule has 0 N–H and O–H groups in total. The molecule has 1 nitrogen and oxygen atoms in total. The van der Waals surface area contributed by atoms with Crippen LogP contribution in [0.25, 0.3) is 0 Å². The van der Waals surface area contributed by atoms with E-state index in [0.29, 0.717) is 11.8 Å². The van der Waals surface area contributed by atoms with Crippen molar-refractivity contribution in [3.63, 3.8) is 0 Å². The molecule has 0 aromatic heterocycles. The van der Waals surface area contributed by atoms with E-state index < -0.39 is 16.6 Å². The van der Waals surface area contributed by atoms with Gasteiger partial charge in [0.1, 0.15) is 0 Å². The van der Waals surface area contributed by atoms with E-state index in [-0.39, 0.29) is 0 Å². The fraction of sp³-hybridized carbons (Fsp3) is 0.400. The first-order valence-corrected chi connectivity index (χ1v) is 14.6. The fourth-order valence-corrected chi connectivity index (χ4v) is 12.3. The van der Waals surface area contributed by atoms with E-state index in [1.54, 1.807) is 0 Å². The number of rotatable bonds is 0. The van der Waals surface area contributed by atoms with E-state index in [9.17, 15) is 0 Å².